The smallest absolute Gasteiger partial charge is 0.219 e. The molecule has 0 saturated carbocycles. The number of carbonyl (C=O) groups is 1. The van der Waals surface area contributed by atoms with Crippen LogP contribution < -0.4 is 16.4 Å². The topological polar surface area (TPSA) is 92.9 Å². The molecule has 4 N–H and O–H groups in total. The van der Waals surface area contributed by atoms with Gasteiger partial charge in [0.15, 0.2) is 0 Å². The van der Waals surface area contributed by atoms with Gasteiger partial charge < -0.3 is 16.4 Å². The van der Waals surface area contributed by atoms with Crippen LogP contribution in [0.1, 0.15) is 37.6 Å². The second-order valence-electron chi connectivity index (χ2n) is 4.45. The van der Waals surface area contributed by atoms with E-state index in [1.165, 1.54) is 0 Å². The quantitative estimate of drug-likeness (QED) is 0.707. The molecule has 0 spiro atoms. The molecule has 0 bridgehead atoms. The van der Waals surface area contributed by atoms with Crippen LogP contribution in [-0.2, 0) is 4.79 Å². The Labute approximate surface area is 107 Å². The Morgan fingerprint density at radius 3 is 2.44 bits per heavy atom. The van der Waals surface area contributed by atoms with Crippen molar-refractivity contribution in [1.29, 1.82) is 0 Å². The van der Waals surface area contributed by atoms with E-state index in [-0.39, 0.29) is 18.2 Å². The molecule has 1 amide bonds. The number of amides is 1. The van der Waals surface area contributed by atoms with Crippen LogP contribution >= 0.6 is 0 Å². The van der Waals surface area contributed by atoms with Gasteiger partial charge in [-0.05, 0) is 6.92 Å². The molecule has 1 rings (SSSR count). The number of nitrogens with zero attached hydrogens (tertiary/aromatic N) is 2. The van der Waals surface area contributed by atoms with E-state index in [2.05, 4.69) is 20.6 Å². The van der Waals surface area contributed by atoms with Gasteiger partial charge in [0.25, 0.3) is 0 Å². The number of nitrogens with one attached hydrogen (secondary N) is 2. The molecule has 100 valence electrons. The first-order valence-electron chi connectivity index (χ1n) is 6.04. The van der Waals surface area contributed by atoms with Crippen LogP contribution in [0.5, 0.6) is 0 Å². The van der Waals surface area contributed by atoms with Crippen molar-refractivity contribution in [2.24, 2.45) is 5.73 Å². The summed E-state index contributed by atoms with van der Waals surface area (Å²) in [6, 6.07) is 0. The number of nitrogens with two attached hydrogens (primary N) is 1. The second kappa shape index (κ2) is 6.18. The van der Waals surface area contributed by atoms with Crippen LogP contribution in [0.3, 0.4) is 0 Å². The summed E-state index contributed by atoms with van der Waals surface area (Å²) in [7, 11) is 1.83. The molecule has 0 aliphatic heterocycles. The number of hydrogen-bond donors (Lipinski definition) is 3. The van der Waals surface area contributed by atoms with E-state index in [1.807, 2.05) is 27.8 Å². The summed E-state index contributed by atoms with van der Waals surface area (Å²) in [5.74, 6) is 2.24. The zero-order chi connectivity index (χ0) is 13.7. The van der Waals surface area contributed by atoms with E-state index in [1.54, 1.807) is 0 Å². The molecule has 18 heavy (non-hydrogen) atoms. The average Bonchev–Trinajstić information content (AvgIpc) is 2.30. The number of aromatic nitrogens is 2. The standard InChI is InChI=1S/C12H21N5O/c1-7(2)10-16-11(14-4)8(3)12(17-10)15-6-5-9(13)18/h7H,5-6H2,1-4H3,(H2,13,18)(H2,14,15,16,17). The molecule has 0 atom stereocenters. The average molecular weight is 251 g/mol. The lowest BCUT2D eigenvalue weighted by molar-refractivity contribution is -0.117. The van der Waals surface area contributed by atoms with Gasteiger partial charge in [-0.15, -0.1) is 0 Å². The van der Waals surface area contributed by atoms with Crippen molar-refractivity contribution in [2.45, 2.75) is 33.1 Å². The summed E-state index contributed by atoms with van der Waals surface area (Å²) in [5, 5.41) is 6.17. The molecule has 0 saturated heterocycles. The number of anilines is 2. The first-order valence-corrected chi connectivity index (χ1v) is 6.04. The first kappa shape index (κ1) is 14.2. The minimum Gasteiger partial charge on any atom is -0.373 e. The Hall–Kier alpha value is -1.85. The van der Waals surface area contributed by atoms with E-state index in [0.29, 0.717) is 6.54 Å². The third-order valence-electron chi connectivity index (χ3n) is 2.58. The van der Waals surface area contributed by atoms with Gasteiger partial charge >= 0.3 is 0 Å². The highest BCUT2D eigenvalue weighted by Crippen LogP contribution is 2.22. The van der Waals surface area contributed by atoms with Gasteiger partial charge in [0, 0.05) is 31.5 Å². The number of hydrogen-bond acceptors (Lipinski definition) is 5. The van der Waals surface area contributed by atoms with Gasteiger partial charge in [0.05, 0.1) is 0 Å². The first-order chi connectivity index (χ1) is 8.45. The highest BCUT2D eigenvalue weighted by molar-refractivity contribution is 5.74. The lowest BCUT2D eigenvalue weighted by Gasteiger charge is -2.14. The zero-order valence-electron chi connectivity index (χ0n) is 11.4. The van der Waals surface area contributed by atoms with Crippen molar-refractivity contribution in [2.75, 3.05) is 24.2 Å². The number of primary amides is 1. The molecule has 0 radical (unpaired) electrons. The van der Waals surface area contributed by atoms with Crippen molar-refractivity contribution in [1.82, 2.24) is 9.97 Å². The van der Waals surface area contributed by atoms with Gasteiger partial charge in [-0.1, -0.05) is 13.8 Å². The molecule has 0 aliphatic carbocycles. The van der Waals surface area contributed by atoms with Gasteiger partial charge in [-0.2, -0.15) is 0 Å². The highest BCUT2D eigenvalue weighted by atomic mass is 16.1. The molecule has 1 aromatic rings. The second-order valence-corrected chi connectivity index (χ2v) is 4.45. The fraction of sp³-hybridized carbons (Fsp3) is 0.583. The van der Waals surface area contributed by atoms with Crippen molar-refractivity contribution >= 4 is 17.5 Å². The van der Waals surface area contributed by atoms with Crippen molar-refractivity contribution in [3.05, 3.63) is 11.4 Å². The van der Waals surface area contributed by atoms with Crippen LogP contribution in [0.25, 0.3) is 0 Å². The molecular weight excluding hydrogens is 230 g/mol. The van der Waals surface area contributed by atoms with Crippen LogP contribution in [0.2, 0.25) is 0 Å². The Kier molecular flexibility index (Phi) is 4.88. The zero-order valence-corrected chi connectivity index (χ0v) is 11.4. The van der Waals surface area contributed by atoms with E-state index in [9.17, 15) is 4.79 Å². The van der Waals surface area contributed by atoms with Gasteiger partial charge in [0.1, 0.15) is 17.5 Å². The summed E-state index contributed by atoms with van der Waals surface area (Å²) in [4.78, 5) is 19.6. The molecule has 1 heterocycles. The van der Waals surface area contributed by atoms with Crippen LogP contribution in [-0.4, -0.2) is 29.5 Å². The molecule has 0 aliphatic rings. The van der Waals surface area contributed by atoms with E-state index in [4.69, 9.17) is 5.73 Å². The summed E-state index contributed by atoms with van der Waals surface area (Å²) < 4.78 is 0. The highest BCUT2D eigenvalue weighted by Gasteiger charge is 2.12. The maximum atomic E-state index is 10.7. The fourth-order valence-corrected chi connectivity index (χ4v) is 1.51. The normalized spacial score (nSPS) is 10.5. The molecule has 1 aromatic heterocycles. The van der Waals surface area contributed by atoms with Crippen LogP contribution in [0.4, 0.5) is 11.6 Å². The van der Waals surface area contributed by atoms with Crippen LogP contribution in [0, 0.1) is 6.92 Å². The Bertz CT molecular complexity index is 431. The third kappa shape index (κ3) is 3.58. The van der Waals surface area contributed by atoms with Crippen molar-refractivity contribution in [3.63, 3.8) is 0 Å². The monoisotopic (exact) mass is 251 g/mol. The molecule has 6 heteroatoms. The summed E-state index contributed by atoms with van der Waals surface area (Å²) in [6.07, 6.45) is 0.287. The minimum atomic E-state index is -0.327. The van der Waals surface area contributed by atoms with Gasteiger partial charge in [-0.3, -0.25) is 4.79 Å². The SMILES string of the molecule is CNc1nc(C(C)C)nc(NCCC(N)=O)c1C. The van der Waals surface area contributed by atoms with E-state index >= 15 is 0 Å². The predicted molar refractivity (Wildman–Crippen MR) is 72.7 cm³/mol. The maximum Gasteiger partial charge on any atom is 0.219 e. The third-order valence-corrected chi connectivity index (χ3v) is 2.58. The summed E-state index contributed by atoms with van der Waals surface area (Å²) in [5.41, 5.74) is 6.04. The Morgan fingerprint density at radius 2 is 1.94 bits per heavy atom. The summed E-state index contributed by atoms with van der Waals surface area (Å²) >= 11 is 0. The maximum absolute atomic E-state index is 10.7. The minimum absolute atomic E-state index is 0.245. The van der Waals surface area contributed by atoms with E-state index < -0.39 is 0 Å². The lowest BCUT2D eigenvalue weighted by atomic mass is 10.2. The van der Waals surface area contributed by atoms with Crippen molar-refractivity contribution in [3.8, 4) is 0 Å². The van der Waals surface area contributed by atoms with Crippen LogP contribution in [0.15, 0.2) is 0 Å². The molecular formula is C12H21N5O. The Balaban J connectivity index is 2.94. The molecule has 0 fully saturated rings. The predicted octanol–water partition coefficient (Wildman–Crippen LogP) is 1.24. The molecule has 6 nitrogen and oxygen atoms in total. The molecule has 0 unspecified atom stereocenters. The van der Waals surface area contributed by atoms with Crippen molar-refractivity contribution < 1.29 is 4.79 Å². The largest absolute Gasteiger partial charge is 0.373 e. The lowest BCUT2D eigenvalue weighted by Crippen LogP contribution is -2.17. The Morgan fingerprint density at radius 1 is 1.33 bits per heavy atom. The van der Waals surface area contributed by atoms with E-state index in [0.717, 1.165) is 23.0 Å². The molecule has 0 aromatic carbocycles. The van der Waals surface area contributed by atoms with Gasteiger partial charge in [-0.25, -0.2) is 9.97 Å². The fourth-order valence-electron chi connectivity index (χ4n) is 1.51. The van der Waals surface area contributed by atoms with Gasteiger partial charge in [0.2, 0.25) is 5.91 Å². The number of rotatable bonds is 6. The number of carbonyl (C=O) groups excluding carboxylic acids is 1. The summed E-state index contributed by atoms with van der Waals surface area (Å²) in [6.45, 7) is 6.49.